The Kier molecular flexibility index (Phi) is 7.54. The van der Waals surface area contributed by atoms with Gasteiger partial charge in [0, 0.05) is 37.5 Å². The number of ether oxygens (including phenoxy) is 2. The molecule has 0 aliphatic carbocycles. The predicted molar refractivity (Wildman–Crippen MR) is 97.4 cm³/mol. The van der Waals surface area contributed by atoms with Crippen LogP contribution in [-0.2, 0) is 11.3 Å². The summed E-state index contributed by atoms with van der Waals surface area (Å²) in [5, 5.41) is 6.21. The van der Waals surface area contributed by atoms with Crippen molar-refractivity contribution in [3.63, 3.8) is 0 Å². The van der Waals surface area contributed by atoms with E-state index in [2.05, 4.69) is 10.1 Å². The molecule has 2 rings (SSSR count). The van der Waals surface area contributed by atoms with Gasteiger partial charge >= 0.3 is 6.61 Å². The third kappa shape index (κ3) is 6.21. The topological polar surface area (TPSA) is 67.9 Å². The molecule has 9 heteroatoms. The fraction of sp³-hybridized carbons (Fsp3) is 0.333. The molecule has 0 saturated heterocycles. The molecule has 0 spiro atoms. The molecule has 0 unspecified atom stereocenters. The summed E-state index contributed by atoms with van der Waals surface area (Å²) >= 11 is 1.42. The molecule has 0 fully saturated rings. The number of carbonyl (C=O) groups is 2. The van der Waals surface area contributed by atoms with Crippen LogP contribution in [0.4, 0.5) is 8.78 Å². The van der Waals surface area contributed by atoms with Gasteiger partial charge in [-0.2, -0.15) is 20.1 Å². The molecule has 0 atom stereocenters. The first kappa shape index (κ1) is 20.6. The Morgan fingerprint density at radius 3 is 2.67 bits per heavy atom. The quantitative estimate of drug-likeness (QED) is 0.705. The van der Waals surface area contributed by atoms with E-state index in [0.717, 1.165) is 0 Å². The van der Waals surface area contributed by atoms with Gasteiger partial charge in [0.05, 0.1) is 7.11 Å². The van der Waals surface area contributed by atoms with E-state index in [1.807, 2.05) is 0 Å². The van der Waals surface area contributed by atoms with E-state index >= 15 is 0 Å². The van der Waals surface area contributed by atoms with Gasteiger partial charge in [-0.15, -0.1) is 0 Å². The number of benzene rings is 1. The van der Waals surface area contributed by atoms with E-state index in [1.54, 1.807) is 29.9 Å². The molecule has 27 heavy (non-hydrogen) atoms. The van der Waals surface area contributed by atoms with E-state index in [-0.39, 0.29) is 42.8 Å². The molecule has 1 aromatic heterocycles. The number of carbonyl (C=O) groups excluding carboxylic acids is 2. The SMILES string of the molecule is COc1ccc(CN(C)C(=O)CCNC(=O)c2ccsc2)cc1OC(F)F. The van der Waals surface area contributed by atoms with Crippen molar-refractivity contribution in [2.45, 2.75) is 19.6 Å². The van der Waals surface area contributed by atoms with Crippen molar-refractivity contribution in [2.75, 3.05) is 20.7 Å². The van der Waals surface area contributed by atoms with Crippen molar-refractivity contribution in [3.05, 3.63) is 46.2 Å². The average molecular weight is 398 g/mol. The van der Waals surface area contributed by atoms with Gasteiger partial charge < -0.3 is 19.7 Å². The Morgan fingerprint density at radius 2 is 2.04 bits per heavy atom. The maximum absolute atomic E-state index is 12.5. The molecule has 2 aromatic rings. The molecule has 0 bridgehead atoms. The number of thiophene rings is 1. The monoisotopic (exact) mass is 398 g/mol. The van der Waals surface area contributed by atoms with Gasteiger partial charge in [0.1, 0.15) is 0 Å². The lowest BCUT2D eigenvalue weighted by atomic mass is 10.2. The molecule has 2 amide bonds. The van der Waals surface area contributed by atoms with Crippen molar-refractivity contribution in [2.24, 2.45) is 0 Å². The van der Waals surface area contributed by atoms with Crippen LogP contribution in [0.3, 0.4) is 0 Å². The van der Waals surface area contributed by atoms with Crippen LogP contribution < -0.4 is 14.8 Å². The number of hydrogen-bond donors (Lipinski definition) is 1. The zero-order valence-electron chi connectivity index (χ0n) is 14.9. The minimum Gasteiger partial charge on any atom is -0.493 e. The van der Waals surface area contributed by atoms with Gasteiger partial charge in [0.25, 0.3) is 5.91 Å². The highest BCUT2D eigenvalue weighted by Gasteiger charge is 2.14. The number of halogens is 2. The highest BCUT2D eigenvalue weighted by molar-refractivity contribution is 7.08. The van der Waals surface area contributed by atoms with E-state index < -0.39 is 6.61 Å². The van der Waals surface area contributed by atoms with Crippen molar-refractivity contribution in [1.82, 2.24) is 10.2 Å². The number of nitrogens with one attached hydrogen (secondary N) is 1. The highest BCUT2D eigenvalue weighted by atomic mass is 32.1. The van der Waals surface area contributed by atoms with Crippen LogP contribution in [0.1, 0.15) is 22.3 Å². The first-order chi connectivity index (χ1) is 12.9. The van der Waals surface area contributed by atoms with E-state index in [1.165, 1.54) is 35.5 Å². The Bertz CT molecular complexity index is 769. The van der Waals surface area contributed by atoms with Crippen molar-refractivity contribution < 1.29 is 27.8 Å². The summed E-state index contributed by atoms with van der Waals surface area (Å²) < 4.78 is 34.4. The number of nitrogens with zero attached hydrogens (tertiary/aromatic N) is 1. The minimum absolute atomic E-state index is 0.0890. The van der Waals surface area contributed by atoms with Crippen LogP contribution in [0.15, 0.2) is 35.0 Å². The van der Waals surface area contributed by atoms with Crippen LogP contribution in [0.2, 0.25) is 0 Å². The van der Waals surface area contributed by atoms with E-state index in [9.17, 15) is 18.4 Å². The lowest BCUT2D eigenvalue weighted by molar-refractivity contribution is -0.130. The van der Waals surface area contributed by atoms with Crippen LogP contribution in [0.5, 0.6) is 11.5 Å². The fourth-order valence-electron chi connectivity index (χ4n) is 2.34. The zero-order valence-corrected chi connectivity index (χ0v) is 15.7. The number of methoxy groups -OCH3 is 1. The number of rotatable bonds is 9. The molecule has 6 nitrogen and oxygen atoms in total. The molecule has 0 aliphatic rings. The highest BCUT2D eigenvalue weighted by Crippen LogP contribution is 2.29. The van der Waals surface area contributed by atoms with Crippen LogP contribution in [0.25, 0.3) is 0 Å². The molecule has 1 aromatic carbocycles. The Morgan fingerprint density at radius 1 is 1.26 bits per heavy atom. The summed E-state index contributed by atoms with van der Waals surface area (Å²) in [6.07, 6.45) is 0.128. The molecule has 146 valence electrons. The number of alkyl halides is 2. The second kappa shape index (κ2) is 9.86. The molecular formula is C18H20F2N2O4S. The maximum Gasteiger partial charge on any atom is 0.387 e. The number of hydrogen-bond acceptors (Lipinski definition) is 5. The second-order valence-corrected chi connectivity index (χ2v) is 6.41. The van der Waals surface area contributed by atoms with Crippen LogP contribution >= 0.6 is 11.3 Å². The normalized spacial score (nSPS) is 10.6. The third-order valence-corrected chi connectivity index (χ3v) is 4.38. The third-order valence-electron chi connectivity index (χ3n) is 3.70. The predicted octanol–water partition coefficient (Wildman–Crippen LogP) is 3.14. The van der Waals surface area contributed by atoms with Crippen LogP contribution in [0, 0.1) is 0 Å². The van der Waals surface area contributed by atoms with Crippen molar-refractivity contribution in [3.8, 4) is 11.5 Å². The summed E-state index contributed by atoms with van der Waals surface area (Å²) in [7, 11) is 2.95. The summed E-state index contributed by atoms with van der Waals surface area (Å²) in [4.78, 5) is 25.5. The summed E-state index contributed by atoms with van der Waals surface area (Å²) in [6, 6.07) is 6.29. The first-order valence-corrected chi connectivity index (χ1v) is 9.01. The van der Waals surface area contributed by atoms with Crippen LogP contribution in [-0.4, -0.2) is 44.0 Å². The summed E-state index contributed by atoms with van der Waals surface area (Å²) in [6.45, 7) is -2.55. The molecular weight excluding hydrogens is 378 g/mol. The molecule has 0 aliphatic heterocycles. The van der Waals surface area contributed by atoms with Crippen molar-refractivity contribution >= 4 is 23.2 Å². The van der Waals surface area contributed by atoms with Gasteiger partial charge in [-0.3, -0.25) is 9.59 Å². The molecule has 0 saturated carbocycles. The van der Waals surface area contributed by atoms with Gasteiger partial charge in [0.2, 0.25) is 5.91 Å². The Hall–Kier alpha value is -2.68. The maximum atomic E-state index is 12.5. The second-order valence-electron chi connectivity index (χ2n) is 5.63. The van der Waals surface area contributed by atoms with Gasteiger partial charge in [-0.25, -0.2) is 0 Å². The zero-order chi connectivity index (χ0) is 19.8. The lowest BCUT2D eigenvalue weighted by Gasteiger charge is -2.18. The molecule has 0 radical (unpaired) electrons. The average Bonchev–Trinajstić information content (AvgIpc) is 3.16. The summed E-state index contributed by atoms with van der Waals surface area (Å²) in [5.74, 6) is -0.318. The molecule has 1 N–H and O–H groups in total. The largest absolute Gasteiger partial charge is 0.493 e. The first-order valence-electron chi connectivity index (χ1n) is 8.06. The Labute approximate surface area is 159 Å². The summed E-state index contributed by atoms with van der Waals surface area (Å²) in [5.41, 5.74) is 1.18. The van der Waals surface area contributed by atoms with Crippen molar-refractivity contribution in [1.29, 1.82) is 0 Å². The Balaban J connectivity index is 1.87. The van der Waals surface area contributed by atoms with Gasteiger partial charge in [-0.05, 0) is 29.1 Å². The smallest absolute Gasteiger partial charge is 0.387 e. The van der Waals surface area contributed by atoms with Gasteiger partial charge in [-0.1, -0.05) is 6.07 Å². The molecule has 1 heterocycles. The minimum atomic E-state index is -2.97. The van der Waals surface area contributed by atoms with E-state index in [0.29, 0.717) is 11.1 Å². The fourth-order valence-corrected chi connectivity index (χ4v) is 2.98. The lowest BCUT2D eigenvalue weighted by Crippen LogP contribution is -2.31. The van der Waals surface area contributed by atoms with E-state index in [4.69, 9.17) is 4.74 Å². The number of amides is 2. The standard InChI is InChI=1S/C18H20F2N2O4S/c1-22(16(23)5-7-21-17(24)13-6-8-27-11-13)10-12-3-4-14(25-2)15(9-12)26-18(19)20/h3-4,6,8-9,11,18H,5,7,10H2,1-2H3,(H,21,24). The van der Waals surface area contributed by atoms with Gasteiger partial charge in [0.15, 0.2) is 11.5 Å².